The van der Waals surface area contributed by atoms with Gasteiger partial charge in [-0.3, -0.25) is 4.90 Å². The lowest BCUT2D eigenvalue weighted by atomic mass is 9.88. The van der Waals surface area contributed by atoms with E-state index in [2.05, 4.69) is 4.90 Å². The Balaban J connectivity index is 1.82. The monoisotopic (exact) mass is 499 g/mol. The Bertz CT molecular complexity index is 1100. The van der Waals surface area contributed by atoms with Crippen molar-refractivity contribution in [3.8, 4) is 23.0 Å². The summed E-state index contributed by atoms with van der Waals surface area (Å²) in [6, 6.07) is 10.1. The molecule has 0 unspecified atom stereocenters. The fourth-order valence-corrected chi connectivity index (χ4v) is 4.45. The Morgan fingerprint density at radius 3 is 2.28 bits per heavy atom. The number of fused-ring (bicyclic) bond motifs is 1. The third-order valence-electron chi connectivity index (χ3n) is 6.19. The molecule has 0 amide bonds. The van der Waals surface area contributed by atoms with Crippen LogP contribution in [0.4, 0.5) is 0 Å². The first-order valence-electron chi connectivity index (χ1n) is 11.7. The standard InChI is InChI=1S/C27H33NO8/c1-32-22-7-6-18(15-23(22)33-2)14-21-20-17-25(35-4)24(34-3)16-19(20)10-12-28(21)11-5-13-36-27(31)9-8-26(29)30/h6-9,15-17,21H,5,10-14H2,1-4H3,(H,29,30)/b9-8-/t21-/m1/s1. The quantitative estimate of drug-likeness (QED) is 0.267. The number of carboxylic acid groups (broad SMARTS) is 1. The average Bonchev–Trinajstić information content (AvgIpc) is 2.89. The van der Waals surface area contributed by atoms with Gasteiger partial charge in [0.1, 0.15) is 0 Å². The summed E-state index contributed by atoms with van der Waals surface area (Å²) in [7, 11) is 6.49. The van der Waals surface area contributed by atoms with Crippen LogP contribution in [0, 0.1) is 0 Å². The first-order valence-corrected chi connectivity index (χ1v) is 11.7. The molecule has 0 radical (unpaired) electrons. The maximum Gasteiger partial charge on any atom is 0.331 e. The average molecular weight is 500 g/mol. The fourth-order valence-electron chi connectivity index (χ4n) is 4.45. The van der Waals surface area contributed by atoms with Crippen LogP contribution in [0.5, 0.6) is 23.0 Å². The van der Waals surface area contributed by atoms with Crippen molar-refractivity contribution in [1.29, 1.82) is 0 Å². The molecule has 3 rings (SSSR count). The number of carbonyl (C=O) groups is 2. The normalized spacial score (nSPS) is 15.3. The van der Waals surface area contributed by atoms with Crippen molar-refractivity contribution >= 4 is 11.9 Å². The number of hydrogen-bond acceptors (Lipinski definition) is 8. The van der Waals surface area contributed by atoms with E-state index in [0.717, 1.165) is 42.7 Å². The summed E-state index contributed by atoms with van der Waals surface area (Å²) in [5.74, 6) is 0.869. The van der Waals surface area contributed by atoms with Crippen LogP contribution >= 0.6 is 0 Å². The molecule has 0 aliphatic carbocycles. The lowest BCUT2D eigenvalue weighted by Gasteiger charge is -2.38. The van der Waals surface area contributed by atoms with Crippen molar-refractivity contribution in [3.63, 3.8) is 0 Å². The molecular formula is C27H33NO8. The minimum absolute atomic E-state index is 0.0502. The largest absolute Gasteiger partial charge is 0.493 e. The third-order valence-corrected chi connectivity index (χ3v) is 6.19. The molecule has 9 nitrogen and oxygen atoms in total. The van der Waals surface area contributed by atoms with E-state index in [4.69, 9.17) is 28.8 Å². The van der Waals surface area contributed by atoms with Crippen LogP contribution in [0.2, 0.25) is 0 Å². The summed E-state index contributed by atoms with van der Waals surface area (Å²) in [6.45, 7) is 1.72. The first-order chi connectivity index (χ1) is 17.4. The number of benzene rings is 2. The molecule has 36 heavy (non-hydrogen) atoms. The van der Waals surface area contributed by atoms with Crippen LogP contribution in [0.25, 0.3) is 0 Å². The van der Waals surface area contributed by atoms with Gasteiger partial charge in [-0.1, -0.05) is 6.07 Å². The molecule has 1 aliphatic rings. The molecule has 1 N–H and O–H groups in total. The van der Waals surface area contributed by atoms with Gasteiger partial charge in [0.15, 0.2) is 23.0 Å². The highest BCUT2D eigenvalue weighted by molar-refractivity contribution is 5.90. The number of hydrogen-bond donors (Lipinski definition) is 1. The number of carbonyl (C=O) groups excluding carboxylic acids is 1. The Labute approximate surface area is 211 Å². The topological polar surface area (TPSA) is 104 Å². The number of aliphatic carboxylic acids is 1. The molecule has 1 aliphatic heterocycles. The minimum atomic E-state index is -1.19. The highest BCUT2D eigenvalue weighted by atomic mass is 16.5. The van der Waals surface area contributed by atoms with E-state index < -0.39 is 11.9 Å². The molecular weight excluding hydrogens is 466 g/mol. The number of rotatable bonds is 12. The van der Waals surface area contributed by atoms with E-state index in [1.165, 1.54) is 5.56 Å². The summed E-state index contributed by atoms with van der Waals surface area (Å²) in [6.07, 6.45) is 3.87. The summed E-state index contributed by atoms with van der Waals surface area (Å²) >= 11 is 0. The predicted octanol–water partition coefficient (Wildman–Crippen LogP) is 3.44. The Kier molecular flexibility index (Phi) is 9.58. The number of methoxy groups -OCH3 is 4. The van der Waals surface area contributed by atoms with Crippen molar-refractivity contribution in [3.05, 3.63) is 59.2 Å². The molecule has 194 valence electrons. The third kappa shape index (κ3) is 6.69. The van der Waals surface area contributed by atoms with Crippen LogP contribution in [-0.2, 0) is 27.2 Å². The van der Waals surface area contributed by atoms with Gasteiger partial charge in [-0.15, -0.1) is 0 Å². The first kappa shape index (κ1) is 26.9. The van der Waals surface area contributed by atoms with Crippen LogP contribution in [0.15, 0.2) is 42.5 Å². The predicted molar refractivity (Wildman–Crippen MR) is 133 cm³/mol. The molecule has 1 atom stereocenters. The van der Waals surface area contributed by atoms with Gasteiger partial charge in [0.25, 0.3) is 0 Å². The van der Waals surface area contributed by atoms with Gasteiger partial charge < -0.3 is 28.8 Å². The molecule has 0 spiro atoms. The van der Waals surface area contributed by atoms with Gasteiger partial charge in [-0.05, 0) is 60.2 Å². The lowest BCUT2D eigenvalue weighted by Crippen LogP contribution is -2.37. The molecule has 0 saturated heterocycles. The molecule has 0 bridgehead atoms. The maximum atomic E-state index is 11.7. The maximum absolute atomic E-state index is 11.7. The minimum Gasteiger partial charge on any atom is -0.493 e. The van der Waals surface area contributed by atoms with Crippen LogP contribution in [0.1, 0.15) is 29.2 Å². The van der Waals surface area contributed by atoms with Crippen molar-refractivity contribution < 1.29 is 38.4 Å². The van der Waals surface area contributed by atoms with E-state index in [0.29, 0.717) is 36.0 Å². The Morgan fingerprint density at radius 2 is 1.61 bits per heavy atom. The second-order valence-electron chi connectivity index (χ2n) is 8.29. The molecule has 0 fully saturated rings. The summed E-state index contributed by atoms with van der Waals surface area (Å²) in [5.41, 5.74) is 3.46. The zero-order valence-electron chi connectivity index (χ0n) is 21.1. The molecule has 9 heteroatoms. The van der Waals surface area contributed by atoms with Crippen LogP contribution in [0.3, 0.4) is 0 Å². The van der Waals surface area contributed by atoms with E-state index in [-0.39, 0.29) is 12.6 Å². The number of esters is 1. The van der Waals surface area contributed by atoms with E-state index in [1.807, 2.05) is 30.3 Å². The fraction of sp³-hybridized carbons (Fsp3) is 0.407. The number of ether oxygens (including phenoxy) is 5. The molecule has 2 aromatic carbocycles. The van der Waals surface area contributed by atoms with Gasteiger partial charge in [-0.2, -0.15) is 0 Å². The smallest absolute Gasteiger partial charge is 0.331 e. The highest BCUT2D eigenvalue weighted by Crippen LogP contribution is 2.40. The number of carboxylic acids is 1. The molecule has 2 aromatic rings. The van der Waals surface area contributed by atoms with Gasteiger partial charge in [-0.25, -0.2) is 9.59 Å². The van der Waals surface area contributed by atoms with Gasteiger partial charge in [0.05, 0.1) is 35.0 Å². The van der Waals surface area contributed by atoms with Gasteiger partial charge in [0, 0.05) is 31.3 Å². The van der Waals surface area contributed by atoms with Gasteiger partial charge >= 0.3 is 11.9 Å². The molecule has 0 saturated carbocycles. The van der Waals surface area contributed by atoms with Crippen molar-refractivity contribution in [2.45, 2.75) is 25.3 Å². The second kappa shape index (κ2) is 12.8. The lowest BCUT2D eigenvalue weighted by molar-refractivity contribution is -0.139. The van der Waals surface area contributed by atoms with Crippen molar-refractivity contribution in [2.75, 3.05) is 48.1 Å². The molecule has 1 heterocycles. The van der Waals surface area contributed by atoms with Crippen LogP contribution < -0.4 is 18.9 Å². The SMILES string of the molecule is COc1ccc(C[C@@H]2c3cc(OC)c(OC)cc3CCN2CCCOC(=O)/C=C\C(=O)O)cc1OC. The summed E-state index contributed by atoms with van der Waals surface area (Å²) in [5, 5.41) is 8.63. The van der Waals surface area contributed by atoms with E-state index in [1.54, 1.807) is 28.4 Å². The van der Waals surface area contributed by atoms with E-state index in [9.17, 15) is 9.59 Å². The summed E-state index contributed by atoms with van der Waals surface area (Å²) < 4.78 is 27.1. The second-order valence-corrected chi connectivity index (χ2v) is 8.29. The Hall–Kier alpha value is -3.72. The summed E-state index contributed by atoms with van der Waals surface area (Å²) in [4.78, 5) is 24.6. The Morgan fingerprint density at radius 1 is 0.944 bits per heavy atom. The highest BCUT2D eigenvalue weighted by Gasteiger charge is 2.29. The zero-order chi connectivity index (χ0) is 26.1. The van der Waals surface area contributed by atoms with Gasteiger partial charge in [0.2, 0.25) is 0 Å². The van der Waals surface area contributed by atoms with E-state index >= 15 is 0 Å². The van der Waals surface area contributed by atoms with Crippen molar-refractivity contribution in [1.82, 2.24) is 4.90 Å². The van der Waals surface area contributed by atoms with Crippen LogP contribution in [-0.4, -0.2) is 70.1 Å². The van der Waals surface area contributed by atoms with Crippen molar-refractivity contribution in [2.24, 2.45) is 0 Å². The number of nitrogens with zero attached hydrogens (tertiary/aromatic N) is 1. The zero-order valence-corrected chi connectivity index (χ0v) is 21.1. The molecule has 0 aromatic heterocycles.